The predicted octanol–water partition coefficient (Wildman–Crippen LogP) is -0.813. The number of nitrogens with one attached hydrogen (secondary N) is 1. The fourth-order valence-corrected chi connectivity index (χ4v) is 1.07. The highest BCUT2D eigenvalue weighted by Gasteiger charge is 2.20. The van der Waals surface area contributed by atoms with E-state index in [1.54, 1.807) is 0 Å². The second kappa shape index (κ2) is 7.19. The molecular weight excluding hydrogens is 200 g/mol. The number of carbonyl (C=O) groups is 2. The third-order valence-electron chi connectivity index (χ3n) is 2.17. The van der Waals surface area contributed by atoms with Crippen molar-refractivity contribution < 1.29 is 19.4 Å². The Morgan fingerprint density at radius 2 is 2.13 bits per heavy atom. The average molecular weight is 218 g/mol. The van der Waals surface area contributed by atoms with Gasteiger partial charge in [0.1, 0.15) is 0 Å². The molecule has 6 nitrogen and oxygen atoms in total. The number of ether oxygens (including phenoxy) is 1. The van der Waals surface area contributed by atoms with Gasteiger partial charge in [0.25, 0.3) is 0 Å². The van der Waals surface area contributed by atoms with E-state index in [0.29, 0.717) is 6.42 Å². The molecule has 2 atom stereocenters. The Bertz CT molecular complexity index is 216. The Labute approximate surface area is 88.8 Å². The first kappa shape index (κ1) is 13.9. The number of carbonyl (C=O) groups excluding carboxylic acids is 1. The quantitative estimate of drug-likeness (QED) is 0.518. The van der Waals surface area contributed by atoms with E-state index in [-0.39, 0.29) is 24.9 Å². The maximum absolute atomic E-state index is 11.4. The highest BCUT2D eigenvalue weighted by atomic mass is 16.5. The maximum atomic E-state index is 11.4. The van der Waals surface area contributed by atoms with Gasteiger partial charge in [-0.05, 0) is 6.42 Å². The van der Waals surface area contributed by atoms with E-state index in [4.69, 9.17) is 10.8 Å². The summed E-state index contributed by atoms with van der Waals surface area (Å²) in [6.45, 7) is 2.07. The minimum atomic E-state index is -1.10. The van der Waals surface area contributed by atoms with Crippen molar-refractivity contribution in [3.05, 3.63) is 0 Å². The van der Waals surface area contributed by atoms with Crippen molar-refractivity contribution >= 4 is 11.9 Å². The number of aliphatic carboxylic acids is 1. The first-order valence-electron chi connectivity index (χ1n) is 4.80. The Morgan fingerprint density at radius 3 is 2.47 bits per heavy atom. The smallest absolute Gasteiger partial charge is 0.334 e. The fraction of sp³-hybridized carbons (Fsp3) is 0.778. The van der Waals surface area contributed by atoms with Crippen LogP contribution in [-0.4, -0.2) is 43.3 Å². The monoisotopic (exact) mass is 218 g/mol. The molecule has 0 fully saturated rings. The number of methoxy groups -OCH3 is 1. The summed E-state index contributed by atoms with van der Waals surface area (Å²) in [5, 5.41) is 11.1. The zero-order valence-corrected chi connectivity index (χ0v) is 9.03. The number of hydrogen-bond acceptors (Lipinski definition) is 4. The molecule has 2 unspecified atom stereocenters. The summed E-state index contributed by atoms with van der Waals surface area (Å²) in [6.07, 6.45) is -0.378. The molecule has 0 saturated heterocycles. The first-order valence-corrected chi connectivity index (χ1v) is 4.80. The van der Waals surface area contributed by atoms with Crippen LogP contribution < -0.4 is 11.1 Å². The topological polar surface area (TPSA) is 102 Å². The van der Waals surface area contributed by atoms with Gasteiger partial charge in [0.15, 0.2) is 6.10 Å². The van der Waals surface area contributed by atoms with Crippen molar-refractivity contribution in [1.82, 2.24) is 5.32 Å². The standard InChI is InChI=1S/C9H18N2O4/c1-3-6(4-10)8(12)11-5-7(15-2)9(13)14/h6-7H,3-5,10H2,1-2H3,(H,11,12)(H,13,14). The normalized spacial score (nSPS) is 14.3. The summed E-state index contributed by atoms with van der Waals surface area (Å²) in [7, 11) is 1.28. The van der Waals surface area contributed by atoms with E-state index in [0.717, 1.165) is 0 Å². The Morgan fingerprint density at radius 1 is 1.53 bits per heavy atom. The lowest BCUT2D eigenvalue weighted by molar-refractivity contribution is -0.148. The van der Waals surface area contributed by atoms with Gasteiger partial charge < -0.3 is 20.9 Å². The molecule has 0 aromatic carbocycles. The van der Waals surface area contributed by atoms with Crippen LogP contribution >= 0.6 is 0 Å². The Hall–Kier alpha value is -1.14. The minimum Gasteiger partial charge on any atom is -0.479 e. The number of rotatable bonds is 7. The van der Waals surface area contributed by atoms with E-state index >= 15 is 0 Å². The first-order chi connectivity index (χ1) is 7.06. The van der Waals surface area contributed by atoms with Gasteiger partial charge in [-0.3, -0.25) is 4.79 Å². The molecule has 0 bridgehead atoms. The second-order valence-corrected chi connectivity index (χ2v) is 3.15. The van der Waals surface area contributed by atoms with Gasteiger partial charge >= 0.3 is 5.97 Å². The van der Waals surface area contributed by atoms with E-state index in [1.807, 2.05) is 6.92 Å². The molecule has 0 radical (unpaired) electrons. The molecule has 0 rings (SSSR count). The lowest BCUT2D eigenvalue weighted by atomic mass is 10.1. The van der Waals surface area contributed by atoms with Gasteiger partial charge in [-0.2, -0.15) is 0 Å². The van der Waals surface area contributed by atoms with Crippen molar-refractivity contribution in [3.8, 4) is 0 Å². The van der Waals surface area contributed by atoms with Crippen LogP contribution in [0.2, 0.25) is 0 Å². The van der Waals surface area contributed by atoms with Crippen LogP contribution in [0.3, 0.4) is 0 Å². The van der Waals surface area contributed by atoms with Crippen molar-refractivity contribution in [1.29, 1.82) is 0 Å². The lowest BCUT2D eigenvalue weighted by Crippen LogP contribution is -2.42. The lowest BCUT2D eigenvalue weighted by Gasteiger charge is -2.15. The number of carboxylic acid groups (broad SMARTS) is 1. The van der Waals surface area contributed by atoms with Gasteiger partial charge in [-0.1, -0.05) is 6.92 Å². The van der Waals surface area contributed by atoms with Crippen LogP contribution in [0.25, 0.3) is 0 Å². The fourth-order valence-electron chi connectivity index (χ4n) is 1.07. The summed E-state index contributed by atoms with van der Waals surface area (Å²) in [5.41, 5.74) is 5.37. The third-order valence-corrected chi connectivity index (χ3v) is 2.17. The van der Waals surface area contributed by atoms with Crippen LogP contribution in [0.4, 0.5) is 0 Å². The molecule has 6 heteroatoms. The van der Waals surface area contributed by atoms with Crippen molar-refractivity contribution in [2.45, 2.75) is 19.4 Å². The molecule has 0 aromatic rings. The van der Waals surface area contributed by atoms with Crippen LogP contribution in [0.15, 0.2) is 0 Å². The Kier molecular flexibility index (Phi) is 6.64. The molecule has 15 heavy (non-hydrogen) atoms. The molecule has 0 spiro atoms. The summed E-state index contributed by atoms with van der Waals surface area (Å²) in [4.78, 5) is 22.0. The van der Waals surface area contributed by atoms with E-state index in [1.165, 1.54) is 7.11 Å². The molecule has 0 aromatic heterocycles. The van der Waals surface area contributed by atoms with E-state index in [9.17, 15) is 9.59 Å². The molecule has 4 N–H and O–H groups in total. The highest BCUT2D eigenvalue weighted by molar-refractivity contribution is 5.80. The largest absolute Gasteiger partial charge is 0.479 e. The summed E-state index contributed by atoms with van der Waals surface area (Å²) in [5.74, 6) is -1.60. The zero-order valence-electron chi connectivity index (χ0n) is 9.03. The molecule has 1 amide bonds. The molecule has 0 aliphatic rings. The van der Waals surface area contributed by atoms with Crippen LogP contribution in [0, 0.1) is 5.92 Å². The van der Waals surface area contributed by atoms with Crippen molar-refractivity contribution in [2.24, 2.45) is 11.7 Å². The highest BCUT2D eigenvalue weighted by Crippen LogP contribution is 1.99. The van der Waals surface area contributed by atoms with Gasteiger partial charge in [-0.25, -0.2) is 4.79 Å². The molecular formula is C9H18N2O4. The third kappa shape index (κ3) is 4.75. The van der Waals surface area contributed by atoms with Gasteiger partial charge in [0.05, 0.1) is 6.54 Å². The van der Waals surface area contributed by atoms with Crippen LogP contribution in [0.1, 0.15) is 13.3 Å². The predicted molar refractivity (Wildman–Crippen MR) is 54.3 cm³/mol. The zero-order chi connectivity index (χ0) is 11.8. The molecule has 0 saturated carbocycles. The van der Waals surface area contributed by atoms with Crippen LogP contribution in [-0.2, 0) is 14.3 Å². The van der Waals surface area contributed by atoms with Gasteiger partial charge in [-0.15, -0.1) is 0 Å². The number of nitrogens with two attached hydrogens (primary N) is 1. The van der Waals surface area contributed by atoms with E-state index < -0.39 is 12.1 Å². The SMILES string of the molecule is CCC(CN)C(=O)NCC(OC)C(=O)O. The number of amides is 1. The number of hydrogen-bond donors (Lipinski definition) is 3. The Balaban J connectivity index is 4.02. The second-order valence-electron chi connectivity index (χ2n) is 3.15. The van der Waals surface area contributed by atoms with Gasteiger partial charge in [0, 0.05) is 19.6 Å². The summed E-state index contributed by atoms with van der Waals surface area (Å²) in [6, 6.07) is 0. The van der Waals surface area contributed by atoms with Crippen molar-refractivity contribution in [2.75, 3.05) is 20.2 Å². The molecule has 88 valence electrons. The minimum absolute atomic E-state index is 0.0405. The molecule has 0 heterocycles. The average Bonchev–Trinajstić information content (AvgIpc) is 2.20. The van der Waals surface area contributed by atoms with E-state index in [2.05, 4.69) is 10.1 Å². The number of carboxylic acids is 1. The van der Waals surface area contributed by atoms with Gasteiger partial charge in [0.2, 0.25) is 5.91 Å². The maximum Gasteiger partial charge on any atom is 0.334 e. The summed E-state index contributed by atoms with van der Waals surface area (Å²) >= 11 is 0. The van der Waals surface area contributed by atoms with Crippen molar-refractivity contribution in [3.63, 3.8) is 0 Å². The van der Waals surface area contributed by atoms with Crippen LogP contribution in [0.5, 0.6) is 0 Å². The summed E-state index contributed by atoms with van der Waals surface area (Å²) < 4.78 is 4.66. The molecule has 0 aliphatic carbocycles. The molecule has 0 aliphatic heterocycles.